The second kappa shape index (κ2) is 13.3. The average molecular weight is 568 g/mol. The Morgan fingerprint density at radius 2 is 1.63 bits per heavy atom. The molecule has 0 radical (unpaired) electrons. The standard InChI is InChI=1S/C18H21N5S.2C2HF3O2/c1-22-10-8-19-18(22)12-23-9-7-16-15(11-23)17(21-20-16)13-24-14-5-3-2-4-6-14;2*3-2(4,5)1(6)7/h2-6,8,10H,7,9,11-13H2,1H3,(H,20,21);2*(H,6,7). The van der Waals surface area contributed by atoms with Crippen molar-refractivity contribution in [2.45, 2.75) is 42.5 Å². The SMILES string of the molecule is Cn1ccnc1CN1CCc2[nH]nc(CSc3ccccc3)c2C1.O=C(O)C(F)(F)F.O=C(O)C(F)(F)F. The third-order valence-electron chi connectivity index (χ3n) is 4.99. The Morgan fingerprint density at radius 1 is 1.05 bits per heavy atom. The number of aromatic nitrogens is 4. The van der Waals surface area contributed by atoms with Gasteiger partial charge in [0.1, 0.15) is 5.82 Å². The normalized spacial score (nSPS) is 13.4. The number of imidazole rings is 1. The molecule has 0 bridgehead atoms. The number of benzene rings is 1. The number of fused-ring (bicyclic) bond motifs is 1. The lowest BCUT2D eigenvalue weighted by molar-refractivity contribution is -0.193. The van der Waals surface area contributed by atoms with Gasteiger partial charge in [0.25, 0.3) is 0 Å². The monoisotopic (exact) mass is 567 g/mol. The number of carboxylic acids is 2. The van der Waals surface area contributed by atoms with Crippen molar-refractivity contribution in [1.82, 2.24) is 24.6 Å². The van der Waals surface area contributed by atoms with Crippen LogP contribution in [0.2, 0.25) is 0 Å². The van der Waals surface area contributed by atoms with Gasteiger partial charge in [0, 0.05) is 60.9 Å². The Morgan fingerprint density at radius 3 is 2.13 bits per heavy atom. The minimum atomic E-state index is -5.08. The summed E-state index contributed by atoms with van der Waals surface area (Å²) in [5, 5.41) is 22.1. The van der Waals surface area contributed by atoms with Crippen molar-refractivity contribution in [2.75, 3.05) is 6.54 Å². The molecule has 0 aliphatic carbocycles. The van der Waals surface area contributed by atoms with E-state index in [0.717, 1.165) is 37.6 Å². The summed E-state index contributed by atoms with van der Waals surface area (Å²) in [5.74, 6) is -3.49. The van der Waals surface area contributed by atoms with Crippen LogP contribution < -0.4 is 0 Å². The summed E-state index contributed by atoms with van der Waals surface area (Å²) < 4.78 is 65.6. The molecular formula is C22H23F6N5O4S. The number of carboxylic acid groups (broad SMARTS) is 2. The van der Waals surface area contributed by atoms with Crippen LogP contribution in [-0.4, -0.2) is 65.7 Å². The molecule has 0 spiro atoms. The van der Waals surface area contributed by atoms with Crippen molar-refractivity contribution in [2.24, 2.45) is 7.05 Å². The highest BCUT2D eigenvalue weighted by atomic mass is 32.2. The first-order valence-corrected chi connectivity index (χ1v) is 11.7. The van der Waals surface area contributed by atoms with E-state index in [2.05, 4.69) is 62.0 Å². The highest BCUT2D eigenvalue weighted by Crippen LogP contribution is 2.27. The van der Waals surface area contributed by atoms with Crippen LogP contribution in [0, 0.1) is 0 Å². The molecule has 9 nitrogen and oxygen atoms in total. The van der Waals surface area contributed by atoms with E-state index in [4.69, 9.17) is 19.8 Å². The second-order valence-corrected chi connectivity index (χ2v) is 8.80. The van der Waals surface area contributed by atoms with Crippen LogP contribution in [0.3, 0.4) is 0 Å². The van der Waals surface area contributed by atoms with Gasteiger partial charge in [0.15, 0.2) is 0 Å². The predicted molar refractivity (Wildman–Crippen MR) is 123 cm³/mol. The number of aryl methyl sites for hydroxylation is 1. The number of carbonyl (C=O) groups is 2. The zero-order chi connectivity index (χ0) is 28.5. The third-order valence-corrected chi connectivity index (χ3v) is 6.01. The summed E-state index contributed by atoms with van der Waals surface area (Å²) in [5.41, 5.74) is 3.86. The van der Waals surface area contributed by atoms with E-state index in [1.165, 1.54) is 21.8 Å². The minimum Gasteiger partial charge on any atom is -0.475 e. The van der Waals surface area contributed by atoms with Crippen molar-refractivity contribution < 1.29 is 46.1 Å². The number of hydrogen-bond donors (Lipinski definition) is 3. The number of nitrogens with one attached hydrogen (secondary N) is 1. The average Bonchev–Trinajstić information content (AvgIpc) is 3.43. The molecular weight excluding hydrogens is 544 g/mol. The van der Waals surface area contributed by atoms with Crippen molar-refractivity contribution in [3.8, 4) is 0 Å². The summed E-state index contributed by atoms with van der Waals surface area (Å²) in [7, 11) is 2.05. The van der Waals surface area contributed by atoms with Gasteiger partial charge < -0.3 is 14.8 Å². The van der Waals surface area contributed by atoms with Gasteiger partial charge in [-0.15, -0.1) is 11.8 Å². The van der Waals surface area contributed by atoms with Gasteiger partial charge in [-0.05, 0) is 12.1 Å². The maximum Gasteiger partial charge on any atom is 0.490 e. The lowest BCUT2D eigenvalue weighted by Gasteiger charge is -2.26. The molecule has 38 heavy (non-hydrogen) atoms. The van der Waals surface area contributed by atoms with Crippen LogP contribution in [0.25, 0.3) is 0 Å². The molecule has 0 unspecified atom stereocenters. The van der Waals surface area contributed by atoms with Crippen molar-refractivity contribution in [3.63, 3.8) is 0 Å². The van der Waals surface area contributed by atoms with Gasteiger partial charge >= 0.3 is 24.3 Å². The van der Waals surface area contributed by atoms with Crippen LogP contribution in [0.5, 0.6) is 0 Å². The van der Waals surface area contributed by atoms with Gasteiger partial charge in [0.05, 0.1) is 12.2 Å². The van der Waals surface area contributed by atoms with Crippen LogP contribution in [0.1, 0.15) is 22.8 Å². The Labute approximate surface area is 216 Å². The molecule has 0 atom stereocenters. The molecule has 208 valence electrons. The largest absolute Gasteiger partial charge is 0.490 e. The van der Waals surface area contributed by atoms with E-state index in [0.29, 0.717) is 0 Å². The molecule has 16 heteroatoms. The molecule has 1 aliphatic heterocycles. The van der Waals surface area contributed by atoms with Crippen molar-refractivity contribution >= 4 is 23.7 Å². The number of hydrogen-bond acceptors (Lipinski definition) is 6. The molecule has 0 fully saturated rings. The maximum absolute atomic E-state index is 10.6. The number of H-pyrrole nitrogens is 1. The molecule has 0 saturated heterocycles. The number of alkyl halides is 6. The predicted octanol–water partition coefficient (Wildman–Crippen LogP) is 4.26. The molecule has 3 aromatic rings. The maximum atomic E-state index is 10.6. The first-order valence-electron chi connectivity index (χ1n) is 10.7. The zero-order valence-corrected chi connectivity index (χ0v) is 20.6. The van der Waals surface area contributed by atoms with Gasteiger partial charge in [-0.1, -0.05) is 18.2 Å². The number of thioether (sulfide) groups is 1. The van der Waals surface area contributed by atoms with Crippen LogP contribution in [0.4, 0.5) is 26.3 Å². The summed E-state index contributed by atoms with van der Waals surface area (Å²) in [4.78, 5) is 26.0. The van der Waals surface area contributed by atoms with E-state index in [-0.39, 0.29) is 0 Å². The summed E-state index contributed by atoms with van der Waals surface area (Å²) in [6.45, 7) is 2.89. The van der Waals surface area contributed by atoms with Crippen molar-refractivity contribution in [3.05, 3.63) is 65.5 Å². The first kappa shape index (κ1) is 30.7. The van der Waals surface area contributed by atoms with Gasteiger partial charge in [-0.25, -0.2) is 14.6 Å². The Hall–Kier alpha value is -3.53. The quantitative estimate of drug-likeness (QED) is 0.309. The Balaban J connectivity index is 0.000000301. The molecule has 3 heterocycles. The number of aliphatic carboxylic acids is 2. The molecule has 1 aromatic carbocycles. The number of halogens is 6. The van der Waals surface area contributed by atoms with E-state index >= 15 is 0 Å². The Kier molecular flexibility index (Phi) is 10.8. The van der Waals surface area contributed by atoms with Crippen LogP contribution in [0.15, 0.2) is 47.6 Å². The van der Waals surface area contributed by atoms with Gasteiger partial charge in [0.2, 0.25) is 0 Å². The highest BCUT2D eigenvalue weighted by molar-refractivity contribution is 7.98. The van der Waals surface area contributed by atoms with Gasteiger partial charge in [-0.3, -0.25) is 10.00 Å². The second-order valence-electron chi connectivity index (χ2n) is 7.75. The van der Waals surface area contributed by atoms with E-state index < -0.39 is 24.3 Å². The third kappa shape index (κ3) is 9.74. The van der Waals surface area contributed by atoms with Gasteiger partial charge in [-0.2, -0.15) is 31.4 Å². The molecule has 0 amide bonds. The first-order chi connectivity index (χ1) is 17.7. The van der Waals surface area contributed by atoms with Crippen molar-refractivity contribution in [1.29, 1.82) is 0 Å². The van der Waals surface area contributed by atoms with Crippen LogP contribution in [-0.2, 0) is 41.9 Å². The summed E-state index contributed by atoms with van der Waals surface area (Å²) in [6.07, 6.45) is -5.27. The number of rotatable bonds is 5. The minimum absolute atomic E-state index is 0.888. The lowest BCUT2D eigenvalue weighted by Crippen LogP contribution is -2.31. The number of nitrogens with zero attached hydrogens (tertiary/aromatic N) is 4. The summed E-state index contributed by atoms with van der Waals surface area (Å²) in [6, 6.07) is 10.5. The smallest absolute Gasteiger partial charge is 0.475 e. The van der Waals surface area contributed by atoms with E-state index in [1.54, 1.807) is 0 Å². The zero-order valence-electron chi connectivity index (χ0n) is 19.8. The molecule has 4 rings (SSSR count). The van der Waals surface area contributed by atoms with E-state index in [9.17, 15) is 26.3 Å². The van der Waals surface area contributed by atoms with Crippen LogP contribution >= 0.6 is 11.8 Å². The number of aromatic amines is 1. The molecule has 1 aliphatic rings. The fourth-order valence-corrected chi connectivity index (χ4v) is 3.97. The molecule has 3 N–H and O–H groups in total. The Bertz CT molecular complexity index is 1170. The topological polar surface area (TPSA) is 124 Å². The highest BCUT2D eigenvalue weighted by Gasteiger charge is 2.38. The lowest BCUT2D eigenvalue weighted by atomic mass is 10.1. The fraction of sp³-hybridized carbons (Fsp3) is 0.364. The summed E-state index contributed by atoms with van der Waals surface area (Å²) >= 11 is 1.84. The fourth-order valence-electron chi connectivity index (χ4n) is 3.08. The molecule has 0 saturated carbocycles. The van der Waals surface area contributed by atoms with E-state index in [1.807, 2.05) is 24.2 Å². The molecule has 2 aromatic heterocycles.